The fourth-order valence-corrected chi connectivity index (χ4v) is 6.28. The number of halogens is 3. The molecule has 1 aliphatic carbocycles. The van der Waals surface area contributed by atoms with Gasteiger partial charge in [-0.1, -0.05) is 29.3 Å². The Morgan fingerprint density at radius 2 is 1.93 bits per heavy atom. The van der Waals surface area contributed by atoms with Gasteiger partial charge in [-0.15, -0.1) is 0 Å². The molecule has 2 fully saturated rings. The number of rotatable bonds is 8. The van der Waals surface area contributed by atoms with Crippen molar-refractivity contribution in [2.45, 2.75) is 32.3 Å². The Bertz CT molecular complexity index is 1630. The lowest BCUT2D eigenvalue weighted by atomic mass is 9.58. The zero-order chi connectivity index (χ0) is 28.4. The standard InChI is InChI=1S/C31H28Cl2FN5O2/c32-24-11-28(41-18-21-2-1-3-29(33)38-21)25(34)12-27(24)39-30-20(15-35)16-37-26-10-22(4-5-23(26)30)40-17-19-13-31(14-19)6-8-36-9-7-31/h1-5,10-12,16,19,36H,6-9,13-14,17-18H2,(H,37,39). The molecule has 3 heterocycles. The second kappa shape index (κ2) is 11.7. The first-order valence-corrected chi connectivity index (χ1v) is 14.3. The van der Waals surface area contributed by atoms with E-state index in [4.69, 9.17) is 32.7 Å². The van der Waals surface area contributed by atoms with Crippen LogP contribution in [-0.2, 0) is 6.61 Å². The molecule has 1 spiro atoms. The predicted molar refractivity (Wildman–Crippen MR) is 157 cm³/mol. The molecule has 210 valence electrons. The predicted octanol–water partition coefficient (Wildman–Crippen LogP) is 7.43. The maximum atomic E-state index is 15.0. The van der Waals surface area contributed by atoms with E-state index < -0.39 is 5.82 Å². The van der Waals surface area contributed by atoms with Gasteiger partial charge < -0.3 is 20.1 Å². The lowest BCUT2D eigenvalue weighted by molar-refractivity contribution is -0.00202. The van der Waals surface area contributed by atoms with Gasteiger partial charge in [0, 0.05) is 29.8 Å². The topological polar surface area (TPSA) is 92.1 Å². The minimum Gasteiger partial charge on any atom is -0.493 e. The van der Waals surface area contributed by atoms with Gasteiger partial charge in [0.1, 0.15) is 23.6 Å². The molecule has 2 aliphatic rings. The summed E-state index contributed by atoms with van der Waals surface area (Å²) in [6, 6.07) is 15.5. The molecule has 1 saturated heterocycles. The lowest BCUT2D eigenvalue weighted by Crippen LogP contribution is -2.46. The number of nitriles is 1. The number of nitrogens with zero attached hydrogens (tertiary/aromatic N) is 3. The van der Waals surface area contributed by atoms with Crippen molar-refractivity contribution in [3.8, 4) is 17.6 Å². The quantitative estimate of drug-likeness (QED) is 0.206. The highest BCUT2D eigenvalue weighted by molar-refractivity contribution is 6.33. The number of pyridine rings is 2. The molecule has 7 nitrogen and oxygen atoms in total. The maximum absolute atomic E-state index is 15.0. The van der Waals surface area contributed by atoms with Crippen molar-refractivity contribution < 1.29 is 13.9 Å². The number of hydrogen-bond acceptors (Lipinski definition) is 7. The third kappa shape index (κ3) is 6.03. The van der Waals surface area contributed by atoms with Crippen molar-refractivity contribution in [2.24, 2.45) is 11.3 Å². The number of hydrogen-bond donors (Lipinski definition) is 2. The van der Waals surface area contributed by atoms with E-state index in [1.54, 1.807) is 18.2 Å². The molecule has 0 unspecified atom stereocenters. The number of ether oxygens (including phenoxy) is 2. The summed E-state index contributed by atoms with van der Waals surface area (Å²) in [5.74, 6) is 0.655. The first-order chi connectivity index (χ1) is 19.9. The smallest absolute Gasteiger partial charge is 0.167 e. The fourth-order valence-electron chi connectivity index (χ4n) is 5.90. The molecule has 0 amide bonds. The Morgan fingerprint density at radius 1 is 1.10 bits per heavy atom. The van der Waals surface area contributed by atoms with Gasteiger partial charge in [-0.05, 0) is 74.4 Å². The Labute approximate surface area is 247 Å². The van der Waals surface area contributed by atoms with Gasteiger partial charge >= 0.3 is 0 Å². The van der Waals surface area contributed by atoms with Crippen LogP contribution in [0.4, 0.5) is 15.8 Å². The van der Waals surface area contributed by atoms with Crippen LogP contribution in [0, 0.1) is 28.5 Å². The molecule has 2 aromatic carbocycles. The zero-order valence-corrected chi connectivity index (χ0v) is 23.7. The first-order valence-electron chi connectivity index (χ1n) is 13.6. The summed E-state index contributed by atoms with van der Waals surface area (Å²) < 4.78 is 26.7. The highest BCUT2D eigenvalue weighted by Gasteiger charge is 2.44. The minimum atomic E-state index is -0.617. The van der Waals surface area contributed by atoms with Crippen molar-refractivity contribution in [1.29, 1.82) is 5.26 Å². The van der Waals surface area contributed by atoms with Crippen LogP contribution >= 0.6 is 23.2 Å². The SMILES string of the molecule is N#Cc1cnc2cc(OCC3CC4(CCNCC4)C3)ccc2c1Nc1cc(F)c(OCc2cccc(Cl)n2)cc1Cl. The van der Waals surface area contributed by atoms with Crippen molar-refractivity contribution in [3.63, 3.8) is 0 Å². The molecule has 2 aromatic heterocycles. The third-order valence-corrected chi connectivity index (χ3v) is 8.51. The van der Waals surface area contributed by atoms with Crippen molar-refractivity contribution in [3.05, 3.63) is 82.0 Å². The summed E-state index contributed by atoms with van der Waals surface area (Å²) in [7, 11) is 0. The number of aromatic nitrogens is 2. The van der Waals surface area contributed by atoms with E-state index in [1.807, 2.05) is 18.2 Å². The fraction of sp³-hybridized carbons (Fsp3) is 0.323. The lowest BCUT2D eigenvalue weighted by Gasteiger charge is -2.50. The van der Waals surface area contributed by atoms with Gasteiger partial charge in [-0.25, -0.2) is 9.37 Å². The van der Waals surface area contributed by atoms with Crippen LogP contribution in [0.1, 0.15) is 36.9 Å². The number of benzene rings is 2. The summed E-state index contributed by atoms with van der Waals surface area (Å²) >= 11 is 12.4. The highest BCUT2D eigenvalue weighted by atomic mass is 35.5. The Kier molecular flexibility index (Phi) is 7.85. The van der Waals surface area contributed by atoms with Crippen LogP contribution in [0.3, 0.4) is 0 Å². The van der Waals surface area contributed by atoms with E-state index >= 15 is 0 Å². The van der Waals surface area contributed by atoms with Crippen molar-refractivity contribution in [2.75, 3.05) is 25.0 Å². The Hall–Kier alpha value is -3.64. The molecule has 41 heavy (non-hydrogen) atoms. The van der Waals surface area contributed by atoms with Crippen LogP contribution < -0.4 is 20.1 Å². The molecular weight excluding hydrogens is 564 g/mol. The molecular formula is C31H28Cl2FN5O2. The second-order valence-corrected chi connectivity index (χ2v) is 11.6. The van der Waals surface area contributed by atoms with Crippen LogP contribution in [0.2, 0.25) is 10.2 Å². The second-order valence-electron chi connectivity index (χ2n) is 10.8. The van der Waals surface area contributed by atoms with E-state index in [2.05, 4.69) is 26.7 Å². The Morgan fingerprint density at radius 3 is 2.71 bits per heavy atom. The number of piperidine rings is 1. The van der Waals surface area contributed by atoms with Crippen LogP contribution in [0.15, 0.2) is 54.7 Å². The molecule has 0 bridgehead atoms. The number of nitrogens with one attached hydrogen (secondary N) is 2. The molecule has 4 aromatic rings. The van der Waals surface area contributed by atoms with E-state index in [-0.39, 0.29) is 17.4 Å². The monoisotopic (exact) mass is 591 g/mol. The van der Waals surface area contributed by atoms with Gasteiger partial charge in [0.15, 0.2) is 11.6 Å². The van der Waals surface area contributed by atoms with Crippen molar-refractivity contribution >= 4 is 45.5 Å². The zero-order valence-electron chi connectivity index (χ0n) is 22.2. The van der Waals surface area contributed by atoms with Gasteiger partial charge in [-0.2, -0.15) is 5.26 Å². The van der Waals surface area contributed by atoms with Crippen LogP contribution in [-0.4, -0.2) is 29.7 Å². The summed E-state index contributed by atoms with van der Waals surface area (Å²) in [6.07, 6.45) is 6.44. The van der Waals surface area contributed by atoms with E-state index in [1.165, 1.54) is 44.0 Å². The maximum Gasteiger partial charge on any atom is 0.167 e. The molecule has 1 saturated carbocycles. The van der Waals surface area contributed by atoms with E-state index in [9.17, 15) is 9.65 Å². The molecule has 0 radical (unpaired) electrons. The van der Waals surface area contributed by atoms with Gasteiger partial charge in [0.25, 0.3) is 0 Å². The number of fused-ring (bicyclic) bond motifs is 1. The normalized spacial score (nSPS) is 16.2. The van der Waals surface area contributed by atoms with Crippen LogP contribution in [0.25, 0.3) is 10.9 Å². The highest BCUT2D eigenvalue weighted by Crippen LogP contribution is 2.51. The summed E-state index contributed by atoms with van der Waals surface area (Å²) in [5.41, 5.74) is 2.79. The molecule has 0 atom stereocenters. The van der Waals surface area contributed by atoms with Crippen LogP contribution in [0.5, 0.6) is 11.5 Å². The third-order valence-electron chi connectivity index (χ3n) is 7.98. The van der Waals surface area contributed by atoms with Gasteiger partial charge in [0.2, 0.25) is 0 Å². The molecule has 1 aliphatic heterocycles. The molecule has 2 N–H and O–H groups in total. The molecule has 6 rings (SSSR count). The van der Waals surface area contributed by atoms with E-state index in [0.29, 0.717) is 56.6 Å². The first kappa shape index (κ1) is 27.5. The average Bonchev–Trinajstić information content (AvgIpc) is 2.96. The van der Waals surface area contributed by atoms with Gasteiger partial charge in [0.05, 0.1) is 39.8 Å². The summed E-state index contributed by atoms with van der Waals surface area (Å²) in [5, 5.41) is 17.6. The largest absolute Gasteiger partial charge is 0.493 e. The van der Waals surface area contributed by atoms with Gasteiger partial charge in [-0.3, -0.25) is 4.98 Å². The minimum absolute atomic E-state index is 0.0255. The summed E-state index contributed by atoms with van der Waals surface area (Å²) in [6.45, 7) is 2.93. The average molecular weight is 593 g/mol. The van der Waals surface area contributed by atoms with E-state index in [0.717, 1.165) is 18.8 Å². The molecule has 10 heteroatoms. The van der Waals surface area contributed by atoms with Crippen molar-refractivity contribution in [1.82, 2.24) is 15.3 Å². The Balaban J connectivity index is 1.16. The number of anilines is 2. The summed E-state index contributed by atoms with van der Waals surface area (Å²) in [4.78, 5) is 8.60.